The van der Waals surface area contributed by atoms with Crippen LogP contribution in [0.1, 0.15) is 24.2 Å². The molecular weight excluding hydrogens is 244 g/mol. The van der Waals surface area contributed by atoms with E-state index in [0.29, 0.717) is 12.2 Å². The minimum Gasteiger partial charge on any atom is -0.364 e. The SMILES string of the molecule is CC(NCc1ccon1)c1ccc(NC(N)=O)cc1. The number of nitrogens with zero attached hydrogens (tertiary/aromatic N) is 1. The monoisotopic (exact) mass is 260 g/mol. The molecule has 1 aromatic carbocycles. The number of hydrogen-bond donors (Lipinski definition) is 3. The highest BCUT2D eigenvalue weighted by atomic mass is 16.5. The van der Waals surface area contributed by atoms with Crippen molar-refractivity contribution in [2.24, 2.45) is 5.73 Å². The molecule has 0 aliphatic heterocycles. The molecule has 0 aliphatic carbocycles. The van der Waals surface area contributed by atoms with Gasteiger partial charge in [-0.15, -0.1) is 0 Å². The molecule has 19 heavy (non-hydrogen) atoms. The molecule has 6 nitrogen and oxygen atoms in total. The highest BCUT2D eigenvalue weighted by Gasteiger charge is 2.06. The van der Waals surface area contributed by atoms with Crippen LogP contribution >= 0.6 is 0 Å². The van der Waals surface area contributed by atoms with Gasteiger partial charge in [-0.05, 0) is 24.6 Å². The highest BCUT2D eigenvalue weighted by Crippen LogP contribution is 2.16. The van der Waals surface area contributed by atoms with Crippen LogP contribution in [-0.4, -0.2) is 11.2 Å². The fourth-order valence-corrected chi connectivity index (χ4v) is 1.70. The van der Waals surface area contributed by atoms with Gasteiger partial charge in [0.15, 0.2) is 0 Å². The minimum absolute atomic E-state index is 0.166. The number of carbonyl (C=O) groups excluding carboxylic acids is 1. The fourth-order valence-electron chi connectivity index (χ4n) is 1.70. The van der Waals surface area contributed by atoms with Crippen LogP contribution < -0.4 is 16.4 Å². The predicted octanol–water partition coefficient (Wildman–Crippen LogP) is 2.02. The molecular formula is C13H16N4O2. The van der Waals surface area contributed by atoms with Gasteiger partial charge >= 0.3 is 6.03 Å². The average Bonchev–Trinajstić information content (AvgIpc) is 2.89. The summed E-state index contributed by atoms with van der Waals surface area (Å²) in [5.41, 5.74) is 7.70. The van der Waals surface area contributed by atoms with Crippen LogP contribution in [0.5, 0.6) is 0 Å². The Balaban J connectivity index is 1.91. The third kappa shape index (κ3) is 3.82. The lowest BCUT2D eigenvalue weighted by atomic mass is 10.1. The molecule has 2 rings (SSSR count). The molecule has 1 atom stereocenters. The van der Waals surface area contributed by atoms with Crippen LogP contribution in [-0.2, 0) is 6.54 Å². The summed E-state index contributed by atoms with van der Waals surface area (Å²) >= 11 is 0. The van der Waals surface area contributed by atoms with E-state index in [2.05, 4.69) is 22.7 Å². The zero-order chi connectivity index (χ0) is 13.7. The molecule has 100 valence electrons. The molecule has 1 heterocycles. The molecule has 0 aliphatic rings. The van der Waals surface area contributed by atoms with Crippen LogP contribution in [0, 0.1) is 0 Å². The van der Waals surface area contributed by atoms with Gasteiger partial charge in [0, 0.05) is 24.3 Å². The van der Waals surface area contributed by atoms with E-state index in [1.807, 2.05) is 30.3 Å². The second-order valence-electron chi connectivity index (χ2n) is 4.20. The summed E-state index contributed by atoms with van der Waals surface area (Å²) in [4.78, 5) is 10.7. The Morgan fingerprint density at radius 3 is 2.68 bits per heavy atom. The van der Waals surface area contributed by atoms with Gasteiger partial charge in [-0.2, -0.15) is 0 Å². The molecule has 2 amide bonds. The molecule has 0 saturated heterocycles. The van der Waals surface area contributed by atoms with Crippen LogP contribution in [0.15, 0.2) is 41.1 Å². The first-order chi connectivity index (χ1) is 9.15. The van der Waals surface area contributed by atoms with E-state index < -0.39 is 6.03 Å². The summed E-state index contributed by atoms with van der Waals surface area (Å²) in [7, 11) is 0. The normalized spacial score (nSPS) is 12.1. The van der Waals surface area contributed by atoms with Gasteiger partial charge in [0.1, 0.15) is 6.26 Å². The van der Waals surface area contributed by atoms with Crippen molar-refractivity contribution in [1.82, 2.24) is 10.5 Å². The van der Waals surface area contributed by atoms with Gasteiger partial charge in [0.05, 0.1) is 5.69 Å². The van der Waals surface area contributed by atoms with Gasteiger partial charge in [0.25, 0.3) is 0 Å². The van der Waals surface area contributed by atoms with Crippen molar-refractivity contribution in [2.45, 2.75) is 19.5 Å². The summed E-state index contributed by atoms with van der Waals surface area (Å²) in [5.74, 6) is 0. The Kier molecular flexibility index (Phi) is 4.15. The lowest BCUT2D eigenvalue weighted by molar-refractivity contribution is 0.259. The Morgan fingerprint density at radius 1 is 1.37 bits per heavy atom. The van der Waals surface area contributed by atoms with E-state index in [1.165, 1.54) is 0 Å². The van der Waals surface area contributed by atoms with E-state index in [1.54, 1.807) is 6.26 Å². The van der Waals surface area contributed by atoms with Crippen LogP contribution in [0.2, 0.25) is 0 Å². The maximum atomic E-state index is 10.7. The lowest BCUT2D eigenvalue weighted by Gasteiger charge is -2.13. The van der Waals surface area contributed by atoms with E-state index in [4.69, 9.17) is 10.3 Å². The molecule has 2 aromatic rings. The maximum Gasteiger partial charge on any atom is 0.316 e. The average molecular weight is 260 g/mol. The number of aromatic nitrogens is 1. The standard InChI is InChI=1S/C13H16N4O2/c1-9(15-8-12-6-7-19-17-12)10-2-4-11(5-3-10)16-13(14)18/h2-7,9,15H,8H2,1H3,(H3,14,16,18). The molecule has 6 heteroatoms. The van der Waals surface area contributed by atoms with Crippen LogP contribution in [0.3, 0.4) is 0 Å². The smallest absolute Gasteiger partial charge is 0.316 e. The number of urea groups is 1. The summed E-state index contributed by atoms with van der Waals surface area (Å²) in [5, 5.41) is 9.68. The van der Waals surface area contributed by atoms with Gasteiger partial charge < -0.3 is 20.9 Å². The van der Waals surface area contributed by atoms with E-state index in [-0.39, 0.29) is 6.04 Å². The van der Waals surface area contributed by atoms with Crippen molar-refractivity contribution < 1.29 is 9.32 Å². The van der Waals surface area contributed by atoms with Crippen molar-refractivity contribution in [3.63, 3.8) is 0 Å². The second kappa shape index (κ2) is 6.01. The summed E-state index contributed by atoms with van der Waals surface area (Å²) in [6.07, 6.45) is 1.55. The number of carbonyl (C=O) groups is 1. The third-order valence-corrected chi connectivity index (χ3v) is 2.76. The molecule has 0 bridgehead atoms. The molecule has 1 unspecified atom stereocenters. The molecule has 0 saturated carbocycles. The molecule has 0 radical (unpaired) electrons. The topological polar surface area (TPSA) is 93.2 Å². The van der Waals surface area contributed by atoms with Crippen molar-refractivity contribution in [3.05, 3.63) is 47.9 Å². The Bertz CT molecular complexity index is 522. The number of rotatable bonds is 5. The van der Waals surface area contributed by atoms with Crippen molar-refractivity contribution in [3.8, 4) is 0 Å². The summed E-state index contributed by atoms with van der Waals surface area (Å²) < 4.78 is 4.76. The summed E-state index contributed by atoms with van der Waals surface area (Å²) in [6, 6.07) is 8.92. The highest BCUT2D eigenvalue weighted by molar-refractivity contribution is 5.87. The number of hydrogen-bond acceptors (Lipinski definition) is 4. The quantitative estimate of drug-likeness (QED) is 0.766. The van der Waals surface area contributed by atoms with Crippen molar-refractivity contribution in [2.75, 3.05) is 5.32 Å². The largest absolute Gasteiger partial charge is 0.364 e. The maximum absolute atomic E-state index is 10.7. The Morgan fingerprint density at radius 2 is 2.11 bits per heavy atom. The Labute approximate surface area is 111 Å². The molecule has 1 aromatic heterocycles. The predicted molar refractivity (Wildman–Crippen MR) is 71.4 cm³/mol. The first-order valence-electron chi connectivity index (χ1n) is 5.94. The number of anilines is 1. The second-order valence-corrected chi connectivity index (χ2v) is 4.20. The number of nitrogens with one attached hydrogen (secondary N) is 2. The zero-order valence-corrected chi connectivity index (χ0v) is 10.6. The number of nitrogens with two attached hydrogens (primary N) is 1. The Hall–Kier alpha value is -2.34. The van der Waals surface area contributed by atoms with Crippen molar-refractivity contribution in [1.29, 1.82) is 0 Å². The summed E-state index contributed by atoms with van der Waals surface area (Å²) in [6.45, 7) is 2.69. The first-order valence-corrected chi connectivity index (χ1v) is 5.94. The van der Waals surface area contributed by atoms with E-state index in [9.17, 15) is 4.79 Å². The molecule has 0 fully saturated rings. The minimum atomic E-state index is -0.565. The fraction of sp³-hybridized carbons (Fsp3) is 0.231. The molecule has 0 spiro atoms. The van der Waals surface area contributed by atoms with Crippen LogP contribution in [0.25, 0.3) is 0 Å². The number of benzene rings is 1. The van der Waals surface area contributed by atoms with Gasteiger partial charge in [-0.3, -0.25) is 0 Å². The van der Waals surface area contributed by atoms with Crippen molar-refractivity contribution >= 4 is 11.7 Å². The zero-order valence-electron chi connectivity index (χ0n) is 10.6. The lowest BCUT2D eigenvalue weighted by Crippen LogP contribution is -2.20. The first kappa shape index (κ1) is 13.1. The van der Waals surface area contributed by atoms with Gasteiger partial charge in [-0.1, -0.05) is 17.3 Å². The number of amides is 2. The van der Waals surface area contributed by atoms with Gasteiger partial charge in [-0.25, -0.2) is 4.79 Å². The van der Waals surface area contributed by atoms with E-state index in [0.717, 1.165) is 11.3 Å². The molecule has 4 N–H and O–H groups in total. The van der Waals surface area contributed by atoms with Gasteiger partial charge in [0.2, 0.25) is 0 Å². The number of primary amides is 1. The van der Waals surface area contributed by atoms with Crippen LogP contribution in [0.4, 0.5) is 10.5 Å². The third-order valence-electron chi connectivity index (χ3n) is 2.76. The van der Waals surface area contributed by atoms with E-state index >= 15 is 0 Å².